The van der Waals surface area contributed by atoms with Crippen molar-refractivity contribution in [3.05, 3.63) is 5.01 Å². The van der Waals surface area contributed by atoms with Crippen LogP contribution in [0.2, 0.25) is 0 Å². The van der Waals surface area contributed by atoms with E-state index in [4.69, 9.17) is 0 Å². The third-order valence-electron chi connectivity index (χ3n) is 0.650. The van der Waals surface area contributed by atoms with Gasteiger partial charge in [-0.05, 0) is 6.92 Å². The molecule has 1 unspecified atom stereocenters. The molecule has 1 heterocycles. The van der Waals surface area contributed by atoms with Crippen LogP contribution in [0.1, 0.15) is 5.01 Å². The van der Waals surface area contributed by atoms with Gasteiger partial charge in [-0.15, -0.1) is 10.2 Å². The van der Waals surface area contributed by atoms with E-state index in [1.54, 1.807) is 6.92 Å². The van der Waals surface area contributed by atoms with Crippen LogP contribution in [0.15, 0.2) is 4.34 Å². The number of rotatable bonds is 1. The van der Waals surface area contributed by atoms with Crippen LogP contribution in [0.25, 0.3) is 0 Å². The fourth-order valence-electron chi connectivity index (χ4n) is 0.346. The summed E-state index contributed by atoms with van der Waals surface area (Å²) in [5, 5.41) is 7.55. The molecule has 0 saturated carbocycles. The second-order valence-electron chi connectivity index (χ2n) is 1.32. The van der Waals surface area contributed by atoms with Crippen LogP contribution in [0.4, 0.5) is 0 Å². The highest BCUT2D eigenvalue weighted by atomic mass is 32.2. The third kappa shape index (κ3) is 1.54. The Hall–Kier alpha value is -0.330. The summed E-state index contributed by atoms with van der Waals surface area (Å²) in [6.07, 6.45) is 0. The standard InChI is InChI=1S/C3H4N2O2S2/c1-2-4-5-3(8-2)9(6)7/h1H3,(H,6,7)/p-1. The van der Waals surface area contributed by atoms with Gasteiger partial charge in [0, 0.05) is 11.1 Å². The summed E-state index contributed by atoms with van der Waals surface area (Å²) in [5.41, 5.74) is 0. The van der Waals surface area contributed by atoms with Crippen LogP contribution in [-0.2, 0) is 11.1 Å². The number of hydrogen-bond donors (Lipinski definition) is 0. The zero-order valence-corrected chi connectivity index (χ0v) is 6.16. The molecule has 1 aromatic rings. The van der Waals surface area contributed by atoms with E-state index in [0.717, 1.165) is 11.3 Å². The number of hydrogen-bond acceptors (Lipinski definition) is 5. The molecule has 0 aromatic carbocycles. The molecule has 9 heavy (non-hydrogen) atoms. The van der Waals surface area contributed by atoms with Crippen molar-refractivity contribution >= 4 is 22.4 Å². The van der Waals surface area contributed by atoms with Gasteiger partial charge in [0.15, 0.2) is 4.34 Å². The normalized spacial score (nSPS) is 13.6. The molecule has 1 rings (SSSR count). The summed E-state index contributed by atoms with van der Waals surface area (Å²) >= 11 is -1.15. The predicted octanol–water partition coefficient (Wildman–Crippen LogP) is 0.0845. The summed E-state index contributed by atoms with van der Waals surface area (Å²) in [4.78, 5) is 0. The van der Waals surface area contributed by atoms with Gasteiger partial charge in [-0.25, -0.2) is 0 Å². The average molecular weight is 163 g/mol. The minimum Gasteiger partial charge on any atom is -0.767 e. The lowest BCUT2D eigenvalue weighted by atomic mass is 10.9. The number of aromatic nitrogens is 2. The molecule has 0 bridgehead atoms. The molecule has 0 fully saturated rings. The Morgan fingerprint density at radius 1 is 1.67 bits per heavy atom. The average Bonchev–Trinajstić information content (AvgIpc) is 2.14. The van der Waals surface area contributed by atoms with E-state index in [1.807, 2.05) is 0 Å². The Labute approximate surface area is 58.2 Å². The zero-order chi connectivity index (χ0) is 6.85. The second kappa shape index (κ2) is 2.51. The van der Waals surface area contributed by atoms with Crippen LogP contribution in [0.5, 0.6) is 0 Å². The minimum atomic E-state index is -2.21. The van der Waals surface area contributed by atoms with Crippen molar-refractivity contribution in [1.29, 1.82) is 0 Å². The number of aryl methyl sites for hydroxylation is 1. The molecular weight excluding hydrogens is 160 g/mol. The fraction of sp³-hybridized carbons (Fsp3) is 0.333. The molecular formula is C3H3N2O2S2-. The molecule has 1 atom stereocenters. The van der Waals surface area contributed by atoms with Crippen LogP contribution in [0, 0.1) is 6.92 Å². The SMILES string of the molecule is Cc1nnc(S(=O)[O-])s1. The van der Waals surface area contributed by atoms with Crippen molar-refractivity contribution < 1.29 is 8.76 Å². The van der Waals surface area contributed by atoms with E-state index in [-0.39, 0.29) is 4.34 Å². The van der Waals surface area contributed by atoms with E-state index in [1.165, 1.54) is 0 Å². The van der Waals surface area contributed by atoms with Crippen molar-refractivity contribution in [2.24, 2.45) is 0 Å². The van der Waals surface area contributed by atoms with E-state index in [9.17, 15) is 8.76 Å². The monoisotopic (exact) mass is 163 g/mol. The summed E-state index contributed by atoms with van der Waals surface area (Å²) < 4.78 is 20.3. The van der Waals surface area contributed by atoms with Crippen molar-refractivity contribution in [1.82, 2.24) is 10.2 Å². The first-order chi connectivity index (χ1) is 4.20. The second-order valence-corrected chi connectivity index (χ2v) is 3.62. The molecule has 0 aliphatic heterocycles. The Morgan fingerprint density at radius 3 is 2.56 bits per heavy atom. The van der Waals surface area contributed by atoms with Gasteiger partial charge in [0.1, 0.15) is 5.01 Å². The van der Waals surface area contributed by atoms with E-state index >= 15 is 0 Å². The van der Waals surface area contributed by atoms with Gasteiger partial charge < -0.3 is 4.55 Å². The lowest BCUT2D eigenvalue weighted by Crippen LogP contribution is -1.85. The highest BCUT2D eigenvalue weighted by Gasteiger charge is 1.97. The maximum absolute atomic E-state index is 10.1. The van der Waals surface area contributed by atoms with Gasteiger partial charge in [0.25, 0.3) is 0 Å². The Bertz CT molecular complexity index is 233. The molecule has 0 aliphatic carbocycles. The molecule has 0 spiro atoms. The van der Waals surface area contributed by atoms with Crippen LogP contribution < -0.4 is 0 Å². The van der Waals surface area contributed by atoms with Crippen molar-refractivity contribution in [2.45, 2.75) is 11.3 Å². The minimum absolute atomic E-state index is 0.0486. The molecule has 1 aromatic heterocycles. The van der Waals surface area contributed by atoms with Crippen molar-refractivity contribution in [3.8, 4) is 0 Å². The lowest BCUT2D eigenvalue weighted by Gasteiger charge is -1.93. The molecule has 0 radical (unpaired) electrons. The van der Waals surface area contributed by atoms with Crippen LogP contribution in [-0.4, -0.2) is 19.0 Å². The van der Waals surface area contributed by atoms with Gasteiger partial charge in [0.05, 0.1) is 0 Å². The smallest absolute Gasteiger partial charge is 0.191 e. The van der Waals surface area contributed by atoms with Gasteiger partial charge in [0.2, 0.25) is 0 Å². The molecule has 0 amide bonds. The van der Waals surface area contributed by atoms with Gasteiger partial charge in [-0.3, -0.25) is 4.21 Å². The molecule has 50 valence electrons. The quantitative estimate of drug-likeness (QED) is 0.550. The third-order valence-corrected chi connectivity index (χ3v) is 2.31. The summed E-state index contributed by atoms with van der Waals surface area (Å²) in [7, 11) is 0. The summed E-state index contributed by atoms with van der Waals surface area (Å²) in [5.74, 6) is 0. The molecule has 0 N–H and O–H groups in total. The first-order valence-electron chi connectivity index (χ1n) is 2.09. The highest BCUT2D eigenvalue weighted by molar-refractivity contribution is 7.81. The molecule has 0 saturated heterocycles. The Kier molecular flexibility index (Phi) is 1.89. The molecule has 4 nitrogen and oxygen atoms in total. The highest BCUT2D eigenvalue weighted by Crippen LogP contribution is 2.09. The van der Waals surface area contributed by atoms with Crippen molar-refractivity contribution in [2.75, 3.05) is 0 Å². The summed E-state index contributed by atoms with van der Waals surface area (Å²) in [6.45, 7) is 1.70. The maximum Gasteiger partial charge on any atom is 0.191 e. The first-order valence-corrected chi connectivity index (χ1v) is 3.98. The fourth-order valence-corrected chi connectivity index (χ4v) is 1.50. The van der Waals surface area contributed by atoms with Gasteiger partial charge >= 0.3 is 0 Å². The van der Waals surface area contributed by atoms with Crippen LogP contribution in [0.3, 0.4) is 0 Å². The predicted molar refractivity (Wildman–Crippen MR) is 31.8 cm³/mol. The Morgan fingerprint density at radius 2 is 2.33 bits per heavy atom. The van der Waals surface area contributed by atoms with Gasteiger partial charge in [-0.2, -0.15) is 0 Å². The lowest BCUT2D eigenvalue weighted by molar-refractivity contribution is 0.535. The first kappa shape index (κ1) is 6.79. The molecule has 0 aliphatic rings. The Balaban J connectivity index is 2.98. The van der Waals surface area contributed by atoms with Gasteiger partial charge in [-0.1, -0.05) is 11.3 Å². The number of nitrogens with zero attached hydrogens (tertiary/aromatic N) is 2. The van der Waals surface area contributed by atoms with E-state index in [0.29, 0.717) is 5.01 Å². The van der Waals surface area contributed by atoms with Crippen LogP contribution >= 0.6 is 11.3 Å². The van der Waals surface area contributed by atoms with E-state index in [2.05, 4.69) is 10.2 Å². The van der Waals surface area contributed by atoms with E-state index < -0.39 is 11.1 Å². The molecule has 6 heteroatoms. The zero-order valence-electron chi connectivity index (χ0n) is 4.53. The van der Waals surface area contributed by atoms with Crippen molar-refractivity contribution in [3.63, 3.8) is 0 Å². The summed E-state index contributed by atoms with van der Waals surface area (Å²) in [6, 6.07) is 0. The largest absolute Gasteiger partial charge is 0.767 e. The topological polar surface area (TPSA) is 65.9 Å². The maximum atomic E-state index is 10.1.